The Hall–Kier alpha value is -2.20. The SMILES string of the molecule is Cc1ccc(F)cc1C(=O)Nc1cccc(CN)c1. The summed E-state index contributed by atoms with van der Waals surface area (Å²) in [5.41, 5.74) is 8.18. The molecule has 3 N–H and O–H groups in total. The minimum Gasteiger partial charge on any atom is -0.326 e. The van der Waals surface area contributed by atoms with Crippen LogP contribution in [-0.2, 0) is 6.54 Å². The van der Waals surface area contributed by atoms with Gasteiger partial charge >= 0.3 is 0 Å². The van der Waals surface area contributed by atoms with Crippen LogP contribution in [0.15, 0.2) is 42.5 Å². The van der Waals surface area contributed by atoms with E-state index >= 15 is 0 Å². The Labute approximate surface area is 111 Å². The summed E-state index contributed by atoms with van der Waals surface area (Å²) in [6.45, 7) is 2.17. The van der Waals surface area contributed by atoms with Gasteiger partial charge in [0.05, 0.1) is 0 Å². The number of amides is 1. The van der Waals surface area contributed by atoms with E-state index < -0.39 is 5.82 Å². The molecular weight excluding hydrogens is 243 g/mol. The van der Waals surface area contributed by atoms with E-state index in [1.807, 2.05) is 12.1 Å². The zero-order chi connectivity index (χ0) is 13.8. The highest BCUT2D eigenvalue weighted by Crippen LogP contribution is 2.15. The first kappa shape index (κ1) is 13.2. The standard InChI is InChI=1S/C15H15FN2O/c1-10-5-6-12(16)8-14(10)15(19)18-13-4-2-3-11(7-13)9-17/h2-8H,9,17H2,1H3,(H,18,19). The zero-order valence-electron chi connectivity index (χ0n) is 10.6. The van der Waals surface area contributed by atoms with Gasteiger partial charge in [-0.15, -0.1) is 0 Å². The Morgan fingerprint density at radius 1 is 1.26 bits per heavy atom. The molecule has 2 aromatic carbocycles. The lowest BCUT2D eigenvalue weighted by molar-refractivity contribution is 0.102. The van der Waals surface area contributed by atoms with Gasteiger partial charge in [-0.3, -0.25) is 4.79 Å². The first-order chi connectivity index (χ1) is 9.10. The Morgan fingerprint density at radius 2 is 2.05 bits per heavy atom. The van der Waals surface area contributed by atoms with Gasteiger partial charge in [-0.25, -0.2) is 4.39 Å². The van der Waals surface area contributed by atoms with Crippen molar-refractivity contribution >= 4 is 11.6 Å². The average molecular weight is 258 g/mol. The second kappa shape index (κ2) is 5.63. The molecule has 0 heterocycles. The number of nitrogens with two attached hydrogens (primary N) is 1. The Kier molecular flexibility index (Phi) is 3.92. The van der Waals surface area contributed by atoms with E-state index in [-0.39, 0.29) is 5.91 Å². The Balaban J connectivity index is 2.23. The topological polar surface area (TPSA) is 55.1 Å². The molecule has 3 nitrogen and oxygen atoms in total. The minimum absolute atomic E-state index is 0.328. The number of aryl methyl sites for hydroxylation is 1. The van der Waals surface area contributed by atoms with Crippen LogP contribution in [0.3, 0.4) is 0 Å². The number of rotatable bonds is 3. The van der Waals surface area contributed by atoms with E-state index in [4.69, 9.17) is 5.73 Å². The van der Waals surface area contributed by atoms with Crippen LogP contribution in [0.25, 0.3) is 0 Å². The zero-order valence-corrected chi connectivity index (χ0v) is 10.6. The molecule has 0 fully saturated rings. The van der Waals surface area contributed by atoms with Crippen LogP contribution in [0.5, 0.6) is 0 Å². The first-order valence-corrected chi connectivity index (χ1v) is 5.96. The fourth-order valence-corrected chi connectivity index (χ4v) is 1.81. The highest BCUT2D eigenvalue weighted by Gasteiger charge is 2.10. The van der Waals surface area contributed by atoms with Gasteiger partial charge in [0.2, 0.25) is 0 Å². The summed E-state index contributed by atoms with van der Waals surface area (Å²) in [6, 6.07) is 11.4. The summed E-state index contributed by atoms with van der Waals surface area (Å²) in [4.78, 5) is 12.1. The van der Waals surface area contributed by atoms with E-state index in [0.717, 1.165) is 11.1 Å². The second-order valence-corrected chi connectivity index (χ2v) is 4.32. The maximum atomic E-state index is 13.2. The van der Waals surface area contributed by atoms with E-state index in [9.17, 15) is 9.18 Å². The van der Waals surface area contributed by atoms with Crippen molar-refractivity contribution in [2.24, 2.45) is 5.73 Å². The maximum Gasteiger partial charge on any atom is 0.256 e. The monoisotopic (exact) mass is 258 g/mol. The van der Waals surface area contributed by atoms with Gasteiger partial charge in [0, 0.05) is 17.8 Å². The lowest BCUT2D eigenvalue weighted by Crippen LogP contribution is -2.14. The Bertz CT molecular complexity index is 611. The molecule has 0 spiro atoms. The summed E-state index contributed by atoms with van der Waals surface area (Å²) in [7, 11) is 0. The number of anilines is 1. The molecule has 0 saturated carbocycles. The summed E-state index contributed by atoms with van der Waals surface area (Å²) in [5, 5.41) is 2.74. The number of carbonyl (C=O) groups is 1. The highest BCUT2D eigenvalue weighted by atomic mass is 19.1. The fourth-order valence-electron chi connectivity index (χ4n) is 1.81. The molecule has 0 atom stereocenters. The average Bonchev–Trinajstić information content (AvgIpc) is 2.41. The predicted molar refractivity (Wildman–Crippen MR) is 73.4 cm³/mol. The van der Waals surface area contributed by atoms with Crippen LogP contribution in [0.1, 0.15) is 21.5 Å². The minimum atomic E-state index is -0.425. The first-order valence-electron chi connectivity index (χ1n) is 5.96. The molecule has 19 heavy (non-hydrogen) atoms. The van der Waals surface area contributed by atoms with Crippen molar-refractivity contribution in [3.63, 3.8) is 0 Å². The molecule has 98 valence electrons. The molecular formula is C15H15FN2O. The number of hydrogen-bond acceptors (Lipinski definition) is 2. The highest BCUT2D eigenvalue weighted by molar-refractivity contribution is 6.05. The molecule has 0 bridgehead atoms. The van der Waals surface area contributed by atoms with Crippen LogP contribution < -0.4 is 11.1 Å². The van der Waals surface area contributed by atoms with Crippen LogP contribution in [0.4, 0.5) is 10.1 Å². The number of carbonyl (C=O) groups excluding carboxylic acids is 1. The summed E-state index contributed by atoms with van der Waals surface area (Å²) >= 11 is 0. The smallest absolute Gasteiger partial charge is 0.256 e. The molecule has 2 aromatic rings. The van der Waals surface area contributed by atoms with Gasteiger partial charge in [0.15, 0.2) is 0 Å². The molecule has 2 rings (SSSR count). The fraction of sp³-hybridized carbons (Fsp3) is 0.133. The number of nitrogens with one attached hydrogen (secondary N) is 1. The summed E-state index contributed by atoms with van der Waals surface area (Å²) in [5.74, 6) is -0.752. The molecule has 0 aromatic heterocycles. The number of halogens is 1. The van der Waals surface area contributed by atoms with Gasteiger partial charge in [0.1, 0.15) is 5.82 Å². The molecule has 0 aliphatic rings. The van der Waals surface area contributed by atoms with E-state index in [0.29, 0.717) is 17.8 Å². The van der Waals surface area contributed by atoms with Crippen molar-refractivity contribution in [2.45, 2.75) is 13.5 Å². The van der Waals surface area contributed by atoms with E-state index in [1.54, 1.807) is 25.1 Å². The third-order valence-corrected chi connectivity index (χ3v) is 2.86. The summed E-state index contributed by atoms with van der Waals surface area (Å²) in [6.07, 6.45) is 0. The second-order valence-electron chi connectivity index (χ2n) is 4.32. The number of benzene rings is 2. The van der Waals surface area contributed by atoms with Crippen molar-refractivity contribution in [2.75, 3.05) is 5.32 Å². The van der Waals surface area contributed by atoms with Crippen molar-refractivity contribution in [1.29, 1.82) is 0 Å². The lowest BCUT2D eigenvalue weighted by Gasteiger charge is -2.08. The van der Waals surface area contributed by atoms with Gasteiger partial charge in [-0.2, -0.15) is 0 Å². The normalized spacial score (nSPS) is 10.3. The molecule has 0 aliphatic heterocycles. The van der Waals surface area contributed by atoms with Gasteiger partial charge < -0.3 is 11.1 Å². The van der Waals surface area contributed by atoms with Crippen molar-refractivity contribution in [3.05, 3.63) is 65.0 Å². The number of hydrogen-bond donors (Lipinski definition) is 2. The third-order valence-electron chi connectivity index (χ3n) is 2.86. The molecule has 0 saturated heterocycles. The van der Waals surface area contributed by atoms with Crippen molar-refractivity contribution in [1.82, 2.24) is 0 Å². The lowest BCUT2D eigenvalue weighted by atomic mass is 10.1. The molecule has 0 aliphatic carbocycles. The van der Waals surface area contributed by atoms with Crippen molar-refractivity contribution in [3.8, 4) is 0 Å². The van der Waals surface area contributed by atoms with E-state index in [2.05, 4.69) is 5.32 Å². The van der Waals surface area contributed by atoms with Crippen LogP contribution in [-0.4, -0.2) is 5.91 Å². The van der Waals surface area contributed by atoms with Crippen molar-refractivity contribution < 1.29 is 9.18 Å². The Morgan fingerprint density at radius 3 is 2.79 bits per heavy atom. The molecule has 0 unspecified atom stereocenters. The third kappa shape index (κ3) is 3.17. The van der Waals surface area contributed by atoms with Crippen LogP contribution in [0.2, 0.25) is 0 Å². The molecule has 4 heteroatoms. The van der Waals surface area contributed by atoms with Gasteiger partial charge in [0.25, 0.3) is 5.91 Å². The summed E-state index contributed by atoms with van der Waals surface area (Å²) < 4.78 is 13.2. The quantitative estimate of drug-likeness (QED) is 0.889. The van der Waals surface area contributed by atoms with Crippen LogP contribution in [0, 0.1) is 12.7 Å². The van der Waals surface area contributed by atoms with Gasteiger partial charge in [-0.1, -0.05) is 18.2 Å². The maximum absolute atomic E-state index is 13.2. The predicted octanol–water partition coefficient (Wildman–Crippen LogP) is 2.85. The van der Waals surface area contributed by atoms with Crippen LogP contribution >= 0.6 is 0 Å². The largest absolute Gasteiger partial charge is 0.326 e. The van der Waals surface area contributed by atoms with E-state index in [1.165, 1.54) is 12.1 Å². The molecule has 1 amide bonds. The molecule has 0 radical (unpaired) electrons. The van der Waals surface area contributed by atoms with Gasteiger partial charge in [-0.05, 0) is 42.3 Å².